The minimum Gasteiger partial charge on any atom is -0.298 e. The predicted octanol–water partition coefficient (Wildman–Crippen LogP) is 2.14. The number of hydrazone groups is 1. The summed E-state index contributed by atoms with van der Waals surface area (Å²) in [7, 11) is 1.71. The van der Waals surface area contributed by atoms with Crippen LogP contribution in [-0.4, -0.2) is 33.2 Å². The molecule has 3 heterocycles. The topological polar surface area (TPSA) is 50.5 Å². The highest BCUT2D eigenvalue weighted by atomic mass is 32.1. The first-order valence-electron chi connectivity index (χ1n) is 6.09. The Hall–Kier alpha value is -1.95. The molecule has 0 aromatic carbocycles. The molecule has 6 heteroatoms. The standard InChI is InChI=1S/C13H14N4OS/c1-9-7-11(18)16(2)15-13(9)10-3-4-12(19-10)17-6-5-14-8-17/h3-6,8-9H,7H2,1-2H3. The number of nitrogens with zero attached hydrogens (tertiary/aromatic N) is 4. The minimum absolute atomic E-state index is 0.0719. The van der Waals surface area contributed by atoms with Gasteiger partial charge in [-0.1, -0.05) is 6.92 Å². The van der Waals surface area contributed by atoms with Crippen molar-refractivity contribution in [3.8, 4) is 5.00 Å². The molecule has 0 saturated heterocycles. The Bertz CT molecular complexity index is 629. The van der Waals surface area contributed by atoms with E-state index in [2.05, 4.69) is 16.2 Å². The summed E-state index contributed by atoms with van der Waals surface area (Å²) in [5.41, 5.74) is 0.985. The monoisotopic (exact) mass is 274 g/mol. The molecule has 3 rings (SSSR count). The fourth-order valence-corrected chi connectivity index (χ4v) is 3.15. The number of rotatable bonds is 2. The van der Waals surface area contributed by atoms with Crippen LogP contribution < -0.4 is 0 Å². The van der Waals surface area contributed by atoms with E-state index in [1.807, 2.05) is 23.8 Å². The van der Waals surface area contributed by atoms with E-state index in [9.17, 15) is 4.79 Å². The normalized spacial score (nSPS) is 19.7. The van der Waals surface area contributed by atoms with E-state index in [-0.39, 0.29) is 11.8 Å². The third-order valence-corrected chi connectivity index (χ3v) is 4.29. The lowest BCUT2D eigenvalue weighted by Gasteiger charge is -2.23. The van der Waals surface area contributed by atoms with Crippen LogP contribution in [0, 0.1) is 5.92 Å². The molecule has 19 heavy (non-hydrogen) atoms. The Balaban J connectivity index is 1.95. The smallest absolute Gasteiger partial charge is 0.243 e. The van der Waals surface area contributed by atoms with Crippen LogP contribution in [0.3, 0.4) is 0 Å². The number of carbonyl (C=O) groups excluding carboxylic acids is 1. The van der Waals surface area contributed by atoms with Gasteiger partial charge in [-0.25, -0.2) is 9.99 Å². The van der Waals surface area contributed by atoms with Gasteiger partial charge < -0.3 is 0 Å². The van der Waals surface area contributed by atoms with Crippen LogP contribution in [0.15, 0.2) is 36.0 Å². The van der Waals surface area contributed by atoms with Crippen molar-refractivity contribution in [2.75, 3.05) is 7.05 Å². The second kappa shape index (κ2) is 4.62. The van der Waals surface area contributed by atoms with E-state index in [1.165, 1.54) is 5.01 Å². The SMILES string of the molecule is CC1CC(=O)N(C)N=C1c1ccc(-n2ccnc2)s1. The first-order chi connectivity index (χ1) is 9.15. The van der Waals surface area contributed by atoms with Gasteiger partial charge in [-0.3, -0.25) is 9.36 Å². The van der Waals surface area contributed by atoms with Crippen LogP contribution in [0.2, 0.25) is 0 Å². The van der Waals surface area contributed by atoms with Crippen molar-refractivity contribution in [3.05, 3.63) is 35.7 Å². The van der Waals surface area contributed by atoms with Gasteiger partial charge in [-0.15, -0.1) is 11.3 Å². The molecule has 0 spiro atoms. The molecule has 2 aromatic heterocycles. The molecule has 1 aliphatic heterocycles. The van der Waals surface area contributed by atoms with Gasteiger partial charge in [0.1, 0.15) is 5.00 Å². The molecule has 1 amide bonds. The van der Waals surface area contributed by atoms with Crippen LogP contribution in [0.25, 0.3) is 5.00 Å². The summed E-state index contributed by atoms with van der Waals surface area (Å²) in [5.74, 6) is 0.237. The van der Waals surface area contributed by atoms with Gasteiger partial charge in [0.15, 0.2) is 0 Å². The van der Waals surface area contributed by atoms with Crippen molar-refractivity contribution >= 4 is 23.0 Å². The minimum atomic E-state index is 0.0719. The van der Waals surface area contributed by atoms with Crippen LogP contribution in [0.4, 0.5) is 0 Å². The summed E-state index contributed by atoms with van der Waals surface area (Å²) < 4.78 is 1.97. The van der Waals surface area contributed by atoms with Gasteiger partial charge in [0, 0.05) is 31.8 Å². The van der Waals surface area contributed by atoms with Gasteiger partial charge in [0.2, 0.25) is 5.91 Å². The van der Waals surface area contributed by atoms with Gasteiger partial charge in [0.25, 0.3) is 0 Å². The first kappa shape index (κ1) is 12.1. The predicted molar refractivity (Wildman–Crippen MR) is 74.5 cm³/mol. The molecule has 0 aliphatic carbocycles. The maximum Gasteiger partial charge on any atom is 0.243 e. The lowest BCUT2D eigenvalue weighted by atomic mass is 9.98. The van der Waals surface area contributed by atoms with E-state index in [4.69, 9.17) is 0 Å². The van der Waals surface area contributed by atoms with Gasteiger partial charge in [-0.2, -0.15) is 5.10 Å². The summed E-state index contributed by atoms with van der Waals surface area (Å²) in [6, 6.07) is 4.10. The molecule has 1 unspecified atom stereocenters. The molecular weight excluding hydrogens is 260 g/mol. The van der Waals surface area contributed by atoms with Crippen LogP contribution in [0.5, 0.6) is 0 Å². The van der Waals surface area contributed by atoms with E-state index in [1.54, 1.807) is 30.9 Å². The molecule has 5 nitrogen and oxygen atoms in total. The van der Waals surface area contributed by atoms with Crippen molar-refractivity contribution in [2.45, 2.75) is 13.3 Å². The maximum atomic E-state index is 11.6. The molecule has 0 radical (unpaired) electrons. The molecular formula is C13H14N4OS. The Kier molecular flexibility index (Phi) is 2.94. The van der Waals surface area contributed by atoms with Gasteiger partial charge in [-0.05, 0) is 12.1 Å². The zero-order valence-corrected chi connectivity index (χ0v) is 11.6. The van der Waals surface area contributed by atoms with Crippen molar-refractivity contribution in [1.29, 1.82) is 0 Å². The van der Waals surface area contributed by atoms with Gasteiger partial charge >= 0.3 is 0 Å². The van der Waals surface area contributed by atoms with E-state index in [0.717, 1.165) is 15.6 Å². The molecule has 0 fully saturated rings. The zero-order chi connectivity index (χ0) is 13.4. The lowest BCUT2D eigenvalue weighted by molar-refractivity contribution is -0.131. The van der Waals surface area contributed by atoms with Crippen molar-refractivity contribution in [3.63, 3.8) is 0 Å². The number of amides is 1. The summed E-state index contributed by atoms with van der Waals surface area (Å²) in [6.45, 7) is 2.04. The maximum absolute atomic E-state index is 11.6. The Morgan fingerprint density at radius 1 is 1.42 bits per heavy atom. The van der Waals surface area contributed by atoms with Crippen LogP contribution >= 0.6 is 11.3 Å². The first-order valence-corrected chi connectivity index (χ1v) is 6.90. The highest BCUT2D eigenvalue weighted by Crippen LogP contribution is 2.27. The van der Waals surface area contributed by atoms with Gasteiger partial charge in [0.05, 0.1) is 16.9 Å². The number of thiophene rings is 1. The van der Waals surface area contributed by atoms with Crippen LogP contribution in [0.1, 0.15) is 18.2 Å². The summed E-state index contributed by atoms with van der Waals surface area (Å²) in [5, 5.41) is 6.93. The number of carbonyl (C=O) groups is 1. The largest absolute Gasteiger partial charge is 0.298 e. The third-order valence-electron chi connectivity index (χ3n) is 3.17. The number of aromatic nitrogens is 2. The third kappa shape index (κ3) is 2.19. The highest BCUT2D eigenvalue weighted by Gasteiger charge is 2.26. The molecule has 0 saturated carbocycles. The fourth-order valence-electron chi connectivity index (χ4n) is 2.09. The van der Waals surface area contributed by atoms with Crippen molar-refractivity contribution < 1.29 is 4.79 Å². The Morgan fingerprint density at radius 3 is 3.00 bits per heavy atom. The van der Waals surface area contributed by atoms with Crippen molar-refractivity contribution in [1.82, 2.24) is 14.6 Å². The second-order valence-corrected chi connectivity index (χ2v) is 5.68. The summed E-state index contributed by atoms with van der Waals surface area (Å²) in [6.07, 6.45) is 5.97. The number of hydrogen-bond donors (Lipinski definition) is 0. The van der Waals surface area contributed by atoms with E-state index >= 15 is 0 Å². The summed E-state index contributed by atoms with van der Waals surface area (Å²) in [4.78, 5) is 16.7. The lowest BCUT2D eigenvalue weighted by Crippen LogP contribution is -2.33. The fraction of sp³-hybridized carbons (Fsp3) is 0.308. The van der Waals surface area contributed by atoms with Crippen LogP contribution in [-0.2, 0) is 4.79 Å². The zero-order valence-electron chi connectivity index (χ0n) is 10.8. The quantitative estimate of drug-likeness (QED) is 0.842. The summed E-state index contributed by atoms with van der Waals surface area (Å²) >= 11 is 1.66. The number of hydrogen-bond acceptors (Lipinski definition) is 4. The molecule has 0 bridgehead atoms. The second-order valence-electron chi connectivity index (χ2n) is 4.62. The average Bonchev–Trinajstić information content (AvgIpc) is 3.03. The van der Waals surface area contributed by atoms with E-state index in [0.29, 0.717) is 6.42 Å². The Morgan fingerprint density at radius 2 is 2.26 bits per heavy atom. The highest BCUT2D eigenvalue weighted by molar-refractivity contribution is 7.16. The molecule has 1 aliphatic rings. The Labute approximate surface area is 115 Å². The molecule has 1 atom stereocenters. The number of imidazole rings is 1. The van der Waals surface area contributed by atoms with Crippen molar-refractivity contribution in [2.24, 2.45) is 11.0 Å². The molecule has 0 N–H and O–H groups in total. The molecule has 98 valence electrons. The van der Waals surface area contributed by atoms with E-state index < -0.39 is 0 Å². The average molecular weight is 274 g/mol. The molecule has 2 aromatic rings.